The highest BCUT2D eigenvalue weighted by Gasteiger charge is 2.31. The number of rotatable bonds is 8. The Kier molecular flexibility index (Phi) is 10.9. The first-order valence-electron chi connectivity index (χ1n) is 12.7. The maximum absolute atomic E-state index is 13.0. The first-order valence-corrected chi connectivity index (χ1v) is 13.6. The molecule has 0 bridgehead atoms. The van der Waals surface area contributed by atoms with Gasteiger partial charge in [0, 0.05) is 62.0 Å². The number of amides is 1. The van der Waals surface area contributed by atoms with Gasteiger partial charge in [-0.05, 0) is 61.9 Å². The number of aryl methyl sites for hydroxylation is 1. The zero-order chi connectivity index (χ0) is 28.4. The molecule has 212 valence electrons. The second-order valence-corrected chi connectivity index (χ2v) is 10.2. The van der Waals surface area contributed by atoms with Crippen molar-refractivity contribution in [1.29, 1.82) is 0 Å². The standard InChI is InChI=1S/C23H28F3N3OS.C4H4O4/c24-23(25,26)18-5-3-6-19(17-18)28-14-12-27(13-15-28)9-1-2-10-29-11-4-7-21-20(22(29)30)8-16-31-21;5-3(6)1-2-4(7)8/h3,5-6,8,16-17H,1-2,4,7,9-15H2;1-2H,(H,5,6)(H,7,8). The van der Waals surface area contributed by atoms with Crippen LogP contribution in [0.15, 0.2) is 47.9 Å². The summed E-state index contributed by atoms with van der Waals surface area (Å²) in [7, 11) is 0. The summed E-state index contributed by atoms with van der Waals surface area (Å²) >= 11 is 1.68. The van der Waals surface area contributed by atoms with Crippen molar-refractivity contribution in [2.24, 2.45) is 0 Å². The number of carbonyl (C=O) groups excluding carboxylic acids is 1. The van der Waals surface area contributed by atoms with Crippen LogP contribution in [-0.4, -0.2) is 83.7 Å². The molecule has 0 radical (unpaired) electrons. The largest absolute Gasteiger partial charge is 0.478 e. The minimum absolute atomic E-state index is 0.170. The summed E-state index contributed by atoms with van der Waals surface area (Å²) in [6.45, 7) is 5.73. The number of hydrogen-bond donors (Lipinski definition) is 2. The second kappa shape index (κ2) is 14.1. The van der Waals surface area contributed by atoms with Gasteiger partial charge in [0.2, 0.25) is 0 Å². The Hall–Kier alpha value is -3.38. The third-order valence-corrected chi connectivity index (χ3v) is 7.51. The Bertz CT molecular complexity index is 1140. The number of carbonyl (C=O) groups is 3. The molecule has 0 atom stereocenters. The van der Waals surface area contributed by atoms with Gasteiger partial charge in [-0.2, -0.15) is 13.2 Å². The summed E-state index contributed by atoms with van der Waals surface area (Å²) in [5, 5.41) is 17.6. The number of anilines is 1. The number of hydrogen-bond acceptors (Lipinski definition) is 6. The predicted octanol–water partition coefficient (Wildman–Crippen LogP) is 4.47. The molecule has 2 N–H and O–H groups in total. The molecule has 0 saturated carbocycles. The van der Waals surface area contributed by atoms with E-state index in [4.69, 9.17) is 10.2 Å². The maximum Gasteiger partial charge on any atom is 0.416 e. The van der Waals surface area contributed by atoms with Crippen molar-refractivity contribution in [1.82, 2.24) is 9.80 Å². The maximum atomic E-state index is 13.0. The molecule has 1 saturated heterocycles. The van der Waals surface area contributed by atoms with Crippen LogP contribution >= 0.6 is 11.3 Å². The van der Waals surface area contributed by atoms with Crippen LogP contribution in [-0.2, 0) is 22.2 Å². The van der Waals surface area contributed by atoms with E-state index in [1.807, 2.05) is 21.2 Å². The van der Waals surface area contributed by atoms with E-state index in [0.717, 1.165) is 83.1 Å². The number of alkyl halides is 3. The van der Waals surface area contributed by atoms with E-state index >= 15 is 0 Å². The van der Waals surface area contributed by atoms with E-state index in [1.165, 1.54) is 17.0 Å². The van der Waals surface area contributed by atoms with Crippen LogP contribution in [0.2, 0.25) is 0 Å². The first kappa shape index (κ1) is 30.2. The number of benzene rings is 1. The molecule has 1 fully saturated rings. The Balaban J connectivity index is 0.000000459. The predicted molar refractivity (Wildman–Crippen MR) is 142 cm³/mol. The lowest BCUT2D eigenvalue weighted by atomic mass is 10.1. The van der Waals surface area contributed by atoms with Gasteiger partial charge in [0.1, 0.15) is 0 Å². The minimum Gasteiger partial charge on any atom is -0.478 e. The van der Waals surface area contributed by atoms with Crippen LogP contribution in [0.1, 0.15) is 40.1 Å². The van der Waals surface area contributed by atoms with Crippen LogP contribution in [0.25, 0.3) is 0 Å². The number of carboxylic acids is 2. The molecular formula is C27H32F3N3O5S. The molecule has 0 unspecified atom stereocenters. The summed E-state index contributed by atoms with van der Waals surface area (Å²) in [6, 6.07) is 7.54. The molecule has 2 aliphatic heterocycles. The molecular weight excluding hydrogens is 535 g/mol. The third-order valence-electron chi connectivity index (χ3n) is 6.53. The van der Waals surface area contributed by atoms with Gasteiger partial charge in [0.15, 0.2) is 0 Å². The highest BCUT2D eigenvalue weighted by atomic mass is 32.1. The van der Waals surface area contributed by atoms with Crippen molar-refractivity contribution in [3.05, 3.63) is 63.9 Å². The lowest BCUT2D eigenvalue weighted by Gasteiger charge is -2.36. The fourth-order valence-electron chi connectivity index (χ4n) is 4.53. The molecule has 2 aromatic rings. The summed E-state index contributed by atoms with van der Waals surface area (Å²) in [5.74, 6) is -2.34. The van der Waals surface area contributed by atoms with Crippen molar-refractivity contribution in [3.8, 4) is 0 Å². The molecule has 3 heterocycles. The smallest absolute Gasteiger partial charge is 0.416 e. The van der Waals surface area contributed by atoms with E-state index in [0.29, 0.717) is 17.8 Å². The average molecular weight is 568 g/mol. The topological polar surface area (TPSA) is 101 Å². The van der Waals surface area contributed by atoms with Crippen LogP contribution in [0.4, 0.5) is 18.9 Å². The Morgan fingerprint density at radius 2 is 1.62 bits per heavy atom. The Morgan fingerprint density at radius 3 is 2.26 bits per heavy atom. The Morgan fingerprint density at radius 1 is 0.949 bits per heavy atom. The van der Waals surface area contributed by atoms with Crippen LogP contribution in [0.3, 0.4) is 0 Å². The van der Waals surface area contributed by atoms with E-state index in [1.54, 1.807) is 17.4 Å². The van der Waals surface area contributed by atoms with E-state index in [-0.39, 0.29) is 5.91 Å². The number of carboxylic acid groups (broad SMARTS) is 2. The van der Waals surface area contributed by atoms with Crippen molar-refractivity contribution < 1.29 is 37.8 Å². The lowest BCUT2D eigenvalue weighted by molar-refractivity contribution is -0.137. The number of aliphatic carboxylic acids is 2. The van der Waals surface area contributed by atoms with Gasteiger partial charge in [-0.15, -0.1) is 11.3 Å². The number of piperazine rings is 1. The number of fused-ring (bicyclic) bond motifs is 1. The normalized spacial score (nSPS) is 16.4. The monoisotopic (exact) mass is 567 g/mol. The summed E-state index contributed by atoms with van der Waals surface area (Å²) in [4.78, 5) is 39.4. The average Bonchev–Trinajstić information content (AvgIpc) is 3.32. The van der Waals surface area contributed by atoms with E-state index < -0.39 is 23.7 Å². The molecule has 4 rings (SSSR count). The highest BCUT2D eigenvalue weighted by molar-refractivity contribution is 7.10. The zero-order valence-electron chi connectivity index (χ0n) is 21.4. The molecule has 8 nitrogen and oxygen atoms in total. The van der Waals surface area contributed by atoms with Crippen LogP contribution in [0, 0.1) is 0 Å². The van der Waals surface area contributed by atoms with Crippen molar-refractivity contribution in [2.75, 3.05) is 50.7 Å². The zero-order valence-corrected chi connectivity index (χ0v) is 22.2. The quantitative estimate of drug-likeness (QED) is 0.359. The molecule has 12 heteroatoms. The number of halogens is 3. The Labute approximate surface area is 228 Å². The molecule has 1 amide bonds. The fourth-order valence-corrected chi connectivity index (χ4v) is 5.44. The van der Waals surface area contributed by atoms with Crippen molar-refractivity contribution in [2.45, 2.75) is 31.9 Å². The number of thiophene rings is 1. The number of unbranched alkanes of at least 4 members (excludes halogenated alkanes) is 1. The fraction of sp³-hybridized carbons (Fsp3) is 0.444. The van der Waals surface area contributed by atoms with Crippen molar-refractivity contribution >= 4 is 34.9 Å². The SMILES string of the molecule is O=C(O)C=CC(=O)O.O=C1c2ccsc2CCCN1CCCCN1CCN(c2cccc(C(F)(F)F)c2)CC1. The summed E-state index contributed by atoms with van der Waals surface area (Å²) in [6.07, 6.45) is 0.813. The van der Waals surface area contributed by atoms with Crippen LogP contribution < -0.4 is 4.90 Å². The van der Waals surface area contributed by atoms with Gasteiger partial charge in [0.05, 0.1) is 11.1 Å². The van der Waals surface area contributed by atoms with E-state index in [2.05, 4.69) is 4.90 Å². The molecule has 0 aliphatic carbocycles. The molecule has 1 aromatic carbocycles. The molecule has 1 aromatic heterocycles. The summed E-state index contributed by atoms with van der Waals surface area (Å²) in [5.41, 5.74) is 0.931. The van der Waals surface area contributed by atoms with Crippen molar-refractivity contribution in [3.63, 3.8) is 0 Å². The highest BCUT2D eigenvalue weighted by Crippen LogP contribution is 2.32. The van der Waals surface area contributed by atoms with Gasteiger partial charge in [-0.1, -0.05) is 6.07 Å². The third kappa shape index (κ3) is 9.39. The van der Waals surface area contributed by atoms with Gasteiger partial charge in [-0.25, -0.2) is 9.59 Å². The molecule has 39 heavy (non-hydrogen) atoms. The molecule has 2 aliphatic rings. The van der Waals surface area contributed by atoms with Crippen LogP contribution in [0.5, 0.6) is 0 Å². The first-order chi connectivity index (χ1) is 18.5. The molecule has 0 spiro atoms. The van der Waals surface area contributed by atoms with E-state index in [9.17, 15) is 27.6 Å². The van der Waals surface area contributed by atoms with Gasteiger partial charge < -0.3 is 20.0 Å². The minimum atomic E-state index is -4.31. The van der Waals surface area contributed by atoms with Gasteiger partial charge >= 0.3 is 18.1 Å². The van der Waals surface area contributed by atoms with Gasteiger partial charge in [0.25, 0.3) is 5.91 Å². The summed E-state index contributed by atoms with van der Waals surface area (Å²) < 4.78 is 38.9. The second-order valence-electron chi connectivity index (χ2n) is 9.25. The van der Waals surface area contributed by atoms with Gasteiger partial charge in [-0.3, -0.25) is 9.69 Å². The number of nitrogens with zero attached hydrogens (tertiary/aromatic N) is 3. The lowest BCUT2D eigenvalue weighted by Crippen LogP contribution is -2.46.